The maximum Gasteiger partial charge on any atom is 0.196 e. The monoisotopic (exact) mass is 222 g/mol. The third-order valence-corrected chi connectivity index (χ3v) is 3.30. The lowest BCUT2D eigenvalue weighted by atomic mass is 10.0. The molecule has 0 aliphatic rings. The van der Waals surface area contributed by atoms with Crippen LogP contribution in [0.1, 0.15) is 27.2 Å². The summed E-state index contributed by atoms with van der Waals surface area (Å²) in [5.74, 6) is 0.732. The third kappa shape index (κ3) is 4.52. The fraction of sp³-hybridized carbons (Fsp3) is 0.462. The molecule has 1 rings (SSSR count). The fourth-order valence-electron chi connectivity index (χ4n) is 1.51. The van der Waals surface area contributed by atoms with E-state index in [2.05, 4.69) is 13.8 Å². The lowest BCUT2D eigenvalue weighted by Crippen LogP contribution is -2.09. The summed E-state index contributed by atoms with van der Waals surface area (Å²) < 4.78 is 0. The number of carbonyl (C=O) groups excluding carboxylic acids is 1. The molecule has 0 aromatic heterocycles. The second-order valence-corrected chi connectivity index (χ2v) is 5.34. The molecule has 82 valence electrons. The van der Waals surface area contributed by atoms with E-state index in [-0.39, 0.29) is 11.0 Å². The quantitative estimate of drug-likeness (QED) is 0.717. The van der Waals surface area contributed by atoms with Crippen molar-refractivity contribution in [3.63, 3.8) is 0 Å². The molecule has 0 aliphatic heterocycles. The molecular weight excluding hydrogens is 204 g/mol. The zero-order chi connectivity index (χ0) is 11.3. The minimum atomic E-state index is 0.148. The normalized spacial score (nSPS) is 12.8. The molecule has 0 saturated carbocycles. The van der Waals surface area contributed by atoms with Crippen LogP contribution in [0.4, 0.5) is 0 Å². The van der Waals surface area contributed by atoms with E-state index < -0.39 is 0 Å². The van der Waals surface area contributed by atoms with E-state index in [4.69, 9.17) is 0 Å². The molecule has 0 heterocycles. The Morgan fingerprint density at radius 3 is 2.33 bits per heavy atom. The minimum Gasteiger partial charge on any atom is -0.287 e. The van der Waals surface area contributed by atoms with E-state index in [9.17, 15) is 4.79 Å². The molecule has 15 heavy (non-hydrogen) atoms. The molecule has 1 atom stereocenters. The van der Waals surface area contributed by atoms with Gasteiger partial charge in [-0.3, -0.25) is 4.79 Å². The summed E-state index contributed by atoms with van der Waals surface area (Å²) in [6, 6.07) is 9.84. The molecule has 1 nitrogen and oxygen atoms in total. The Balaban J connectivity index is 2.49. The summed E-state index contributed by atoms with van der Waals surface area (Å²) in [5, 5.41) is 0.273. The van der Waals surface area contributed by atoms with Gasteiger partial charge in [-0.15, -0.1) is 0 Å². The van der Waals surface area contributed by atoms with Crippen LogP contribution in [0.15, 0.2) is 35.2 Å². The van der Waals surface area contributed by atoms with Crippen molar-refractivity contribution in [1.29, 1.82) is 0 Å². The Morgan fingerprint density at radius 2 is 1.80 bits per heavy atom. The highest BCUT2D eigenvalue weighted by Crippen LogP contribution is 2.24. The Hall–Kier alpha value is -0.760. The van der Waals surface area contributed by atoms with E-state index in [1.165, 1.54) is 11.8 Å². The van der Waals surface area contributed by atoms with E-state index in [1.807, 2.05) is 37.3 Å². The zero-order valence-electron chi connectivity index (χ0n) is 9.57. The second kappa shape index (κ2) is 5.96. The Kier molecular flexibility index (Phi) is 4.89. The van der Waals surface area contributed by atoms with Crippen LogP contribution < -0.4 is 0 Å². The summed E-state index contributed by atoms with van der Waals surface area (Å²) in [7, 11) is 0. The van der Waals surface area contributed by atoms with Gasteiger partial charge in [0.25, 0.3) is 0 Å². The summed E-state index contributed by atoms with van der Waals surface area (Å²) >= 11 is 1.35. The molecule has 1 aromatic rings. The van der Waals surface area contributed by atoms with Gasteiger partial charge >= 0.3 is 0 Å². The topological polar surface area (TPSA) is 17.1 Å². The first-order chi connectivity index (χ1) is 7.09. The highest BCUT2D eigenvalue weighted by Gasteiger charge is 2.15. The first-order valence-corrected chi connectivity index (χ1v) is 6.18. The number of hydrogen-bond acceptors (Lipinski definition) is 2. The van der Waals surface area contributed by atoms with Crippen LogP contribution in [0.2, 0.25) is 0 Å². The van der Waals surface area contributed by atoms with Gasteiger partial charge in [-0.25, -0.2) is 0 Å². The van der Waals surface area contributed by atoms with Crippen LogP contribution in [0.25, 0.3) is 0 Å². The van der Waals surface area contributed by atoms with Gasteiger partial charge in [0.05, 0.1) is 0 Å². The van der Waals surface area contributed by atoms with Gasteiger partial charge in [-0.2, -0.15) is 0 Å². The maximum absolute atomic E-state index is 11.8. The van der Waals surface area contributed by atoms with Crippen molar-refractivity contribution in [2.45, 2.75) is 32.1 Å². The Bertz CT molecular complexity index is 306. The lowest BCUT2D eigenvalue weighted by molar-refractivity contribution is -0.114. The van der Waals surface area contributed by atoms with Gasteiger partial charge in [-0.1, -0.05) is 50.7 Å². The van der Waals surface area contributed by atoms with Crippen LogP contribution in [0, 0.1) is 11.8 Å². The molecule has 2 heteroatoms. The predicted octanol–water partition coefficient (Wildman–Crippen LogP) is 3.99. The van der Waals surface area contributed by atoms with Crippen molar-refractivity contribution in [2.75, 3.05) is 0 Å². The van der Waals surface area contributed by atoms with Crippen LogP contribution >= 0.6 is 11.8 Å². The van der Waals surface area contributed by atoms with Gasteiger partial charge in [0, 0.05) is 10.8 Å². The van der Waals surface area contributed by atoms with Crippen molar-refractivity contribution in [1.82, 2.24) is 0 Å². The smallest absolute Gasteiger partial charge is 0.196 e. The summed E-state index contributed by atoms with van der Waals surface area (Å²) in [6.45, 7) is 6.31. The number of rotatable bonds is 4. The highest BCUT2D eigenvalue weighted by molar-refractivity contribution is 8.13. The van der Waals surface area contributed by atoms with E-state index in [0.717, 1.165) is 11.3 Å². The molecule has 0 amide bonds. The molecule has 0 radical (unpaired) electrons. The summed E-state index contributed by atoms with van der Waals surface area (Å²) in [6.07, 6.45) is 0.971. The minimum absolute atomic E-state index is 0.148. The molecule has 0 fully saturated rings. The fourth-order valence-corrected chi connectivity index (χ4v) is 2.33. The SMILES string of the molecule is CC(C)C[C@H](C)C(=O)Sc1ccccc1. The summed E-state index contributed by atoms with van der Waals surface area (Å²) in [4.78, 5) is 12.9. The zero-order valence-corrected chi connectivity index (χ0v) is 10.4. The van der Waals surface area contributed by atoms with Gasteiger partial charge < -0.3 is 0 Å². The second-order valence-electron chi connectivity index (χ2n) is 4.26. The first-order valence-electron chi connectivity index (χ1n) is 5.36. The summed E-state index contributed by atoms with van der Waals surface area (Å²) in [5.41, 5.74) is 0. The van der Waals surface area contributed by atoms with Crippen molar-refractivity contribution in [3.05, 3.63) is 30.3 Å². The first kappa shape index (κ1) is 12.3. The van der Waals surface area contributed by atoms with Crippen LogP contribution in [-0.4, -0.2) is 5.12 Å². The van der Waals surface area contributed by atoms with Crippen LogP contribution in [-0.2, 0) is 4.79 Å². The van der Waals surface area contributed by atoms with Crippen LogP contribution in [0.5, 0.6) is 0 Å². The Morgan fingerprint density at radius 1 is 1.20 bits per heavy atom. The Labute approximate surface area is 96.3 Å². The highest BCUT2D eigenvalue weighted by atomic mass is 32.2. The largest absolute Gasteiger partial charge is 0.287 e. The van der Waals surface area contributed by atoms with Gasteiger partial charge in [0.15, 0.2) is 5.12 Å². The van der Waals surface area contributed by atoms with Crippen LogP contribution in [0.3, 0.4) is 0 Å². The van der Waals surface area contributed by atoms with Gasteiger partial charge in [0.1, 0.15) is 0 Å². The predicted molar refractivity (Wildman–Crippen MR) is 65.9 cm³/mol. The molecule has 0 aliphatic carbocycles. The van der Waals surface area contributed by atoms with E-state index >= 15 is 0 Å². The number of benzene rings is 1. The van der Waals surface area contributed by atoms with E-state index in [1.54, 1.807) is 0 Å². The molecular formula is C13H18OS. The van der Waals surface area contributed by atoms with Gasteiger partial charge in [-0.05, 0) is 24.5 Å². The molecule has 0 saturated heterocycles. The number of thioether (sulfide) groups is 1. The standard InChI is InChI=1S/C13H18OS/c1-10(2)9-11(3)13(14)15-12-7-5-4-6-8-12/h4-8,10-11H,9H2,1-3H3/t11-/m0/s1. The third-order valence-electron chi connectivity index (χ3n) is 2.19. The number of hydrogen-bond donors (Lipinski definition) is 0. The average Bonchev–Trinajstić information content (AvgIpc) is 2.18. The molecule has 0 N–H and O–H groups in total. The number of carbonyl (C=O) groups is 1. The molecule has 1 aromatic carbocycles. The molecule has 0 bridgehead atoms. The van der Waals surface area contributed by atoms with Crippen molar-refractivity contribution in [2.24, 2.45) is 11.8 Å². The van der Waals surface area contributed by atoms with E-state index in [0.29, 0.717) is 5.92 Å². The van der Waals surface area contributed by atoms with Crippen molar-refractivity contribution >= 4 is 16.9 Å². The van der Waals surface area contributed by atoms with Crippen molar-refractivity contribution in [3.8, 4) is 0 Å². The maximum atomic E-state index is 11.8. The molecule has 0 unspecified atom stereocenters. The lowest BCUT2D eigenvalue weighted by Gasteiger charge is -2.11. The van der Waals surface area contributed by atoms with Gasteiger partial charge in [0.2, 0.25) is 0 Å². The molecule has 0 spiro atoms. The average molecular weight is 222 g/mol. The van der Waals surface area contributed by atoms with Crippen molar-refractivity contribution < 1.29 is 4.79 Å².